The number of nitrogens with zero attached hydrogens (tertiary/aromatic N) is 1. The van der Waals surface area contributed by atoms with Crippen molar-refractivity contribution in [1.29, 1.82) is 0 Å². The van der Waals surface area contributed by atoms with Crippen molar-refractivity contribution < 1.29 is 31.9 Å². The Morgan fingerprint density at radius 1 is 1.29 bits per heavy atom. The van der Waals surface area contributed by atoms with E-state index in [0.29, 0.717) is 6.07 Å². The van der Waals surface area contributed by atoms with Crippen LogP contribution in [0.3, 0.4) is 0 Å². The number of aliphatic carboxylic acids is 1. The normalized spacial score (nSPS) is 12.5. The fourth-order valence-corrected chi connectivity index (χ4v) is 1.20. The Bertz CT molecular complexity index is 430. The molecule has 1 rings (SSSR count). The minimum absolute atomic E-state index is 0.429. The minimum atomic E-state index is -5.01. The van der Waals surface area contributed by atoms with E-state index < -0.39 is 35.7 Å². The van der Waals surface area contributed by atoms with Gasteiger partial charge >= 0.3 is 18.1 Å². The Morgan fingerprint density at radius 3 is 2.35 bits per heavy atom. The summed E-state index contributed by atoms with van der Waals surface area (Å²) in [6, 6.07) is 1.28. The van der Waals surface area contributed by atoms with E-state index in [1.165, 1.54) is 0 Å². The van der Waals surface area contributed by atoms with Gasteiger partial charge in [0.2, 0.25) is 0 Å². The molecule has 1 heterocycles. The summed E-state index contributed by atoms with van der Waals surface area (Å²) in [5.74, 6) is -6.08. The molecule has 3 nitrogen and oxygen atoms in total. The third kappa shape index (κ3) is 3.11. The van der Waals surface area contributed by atoms with Gasteiger partial charge in [-0.2, -0.15) is 22.0 Å². The summed E-state index contributed by atoms with van der Waals surface area (Å²) in [7, 11) is 0. The molecular weight excluding hydrogens is 249 g/mol. The van der Waals surface area contributed by atoms with Gasteiger partial charge in [0.25, 0.3) is 0 Å². The quantitative estimate of drug-likeness (QED) is 0.845. The number of pyridine rings is 1. The van der Waals surface area contributed by atoms with E-state index in [-0.39, 0.29) is 0 Å². The van der Waals surface area contributed by atoms with Crippen LogP contribution in [-0.4, -0.2) is 16.1 Å². The van der Waals surface area contributed by atoms with Crippen molar-refractivity contribution in [2.45, 2.75) is 18.5 Å². The van der Waals surface area contributed by atoms with Gasteiger partial charge < -0.3 is 5.11 Å². The first-order valence-electron chi connectivity index (χ1n) is 4.27. The molecule has 0 aromatic carbocycles. The number of hydrogen-bond donors (Lipinski definition) is 1. The van der Waals surface area contributed by atoms with Crippen LogP contribution in [-0.2, 0) is 16.9 Å². The van der Waals surface area contributed by atoms with Crippen LogP contribution in [0.15, 0.2) is 18.3 Å². The van der Waals surface area contributed by atoms with Gasteiger partial charge in [-0.15, -0.1) is 0 Å². The number of aromatic nitrogens is 1. The molecule has 0 saturated heterocycles. The predicted octanol–water partition coefficient (Wildman–Crippen LogP) is 2.67. The smallest absolute Gasteiger partial charge is 0.418 e. The van der Waals surface area contributed by atoms with E-state index in [2.05, 4.69) is 4.98 Å². The summed E-state index contributed by atoms with van der Waals surface area (Å²) in [6.45, 7) is 0. The first kappa shape index (κ1) is 13.3. The maximum absolute atomic E-state index is 13.3. The number of rotatable bonds is 3. The van der Waals surface area contributed by atoms with Crippen molar-refractivity contribution in [2.24, 2.45) is 0 Å². The summed E-state index contributed by atoms with van der Waals surface area (Å²) < 4.78 is 63.7. The number of carboxylic acids is 1. The molecule has 0 aliphatic rings. The highest BCUT2D eigenvalue weighted by molar-refractivity contribution is 5.68. The Kier molecular flexibility index (Phi) is 3.35. The maximum atomic E-state index is 13.3. The van der Waals surface area contributed by atoms with Gasteiger partial charge in [0, 0.05) is 6.20 Å². The molecule has 1 aromatic rings. The zero-order chi connectivity index (χ0) is 13.3. The van der Waals surface area contributed by atoms with Crippen LogP contribution < -0.4 is 0 Å². The van der Waals surface area contributed by atoms with E-state index in [9.17, 15) is 26.7 Å². The van der Waals surface area contributed by atoms with Crippen molar-refractivity contribution in [3.63, 3.8) is 0 Å². The average Bonchev–Trinajstić information content (AvgIpc) is 2.14. The van der Waals surface area contributed by atoms with Crippen LogP contribution in [0, 0.1) is 0 Å². The van der Waals surface area contributed by atoms with Crippen LogP contribution in [0.25, 0.3) is 0 Å². The molecule has 94 valence electrons. The molecule has 0 aliphatic carbocycles. The fraction of sp³-hybridized carbons (Fsp3) is 0.333. The fourth-order valence-electron chi connectivity index (χ4n) is 1.20. The summed E-state index contributed by atoms with van der Waals surface area (Å²) in [4.78, 5) is 13.1. The van der Waals surface area contributed by atoms with Gasteiger partial charge in [0.15, 0.2) is 0 Å². The first-order chi connectivity index (χ1) is 7.64. The lowest BCUT2D eigenvalue weighted by Crippen LogP contribution is -2.24. The highest BCUT2D eigenvalue weighted by Crippen LogP contribution is 2.39. The molecule has 0 unspecified atom stereocenters. The lowest BCUT2D eigenvalue weighted by atomic mass is 10.1. The Labute approximate surface area is 91.9 Å². The molecule has 0 aliphatic heterocycles. The van der Waals surface area contributed by atoms with Gasteiger partial charge in [-0.3, -0.25) is 9.78 Å². The number of carbonyl (C=O) groups is 1. The highest BCUT2D eigenvalue weighted by atomic mass is 19.4. The van der Waals surface area contributed by atoms with Crippen molar-refractivity contribution in [3.8, 4) is 0 Å². The maximum Gasteiger partial charge on any atom is 0.418 e. The predicted molar refractivity (Wildman–Crippen MR) is 45.4 cm³/mol. The molecule has 0 spiro atoms. The second-order valence-corrected chi connectivity index (χ2v) is 3.17. The van der Waals surface area contributed by atoms with E-state index >= 15 is 0 Å². The van der Waals surface area contributed by atoms with E-state index in [1.807, 2.05) is 0 Å². The van der Waals surface area contributed by atoms with Crippen molar-refractivity contribution in [2.75, 3.05) is 0 Å². The topological polar surface area (TPSA) is 50.2 Å². The summed E-state index contributed by atoms with van der Waals surface area (Å²) >= 11 is 0. The van der Waals surface area contributed by atoms with Crippen molar-refractivity contribution in [3.05, 3.63) is 29.6 Å². The van der Waals surface area contributed by atoms with Crippen molar-refractivity contribution >= 4 is 5.97 Å². The molecule has 0 saturated carbocycles. The Morgan fingerprint density at radius 2 is 1.88 bits per heavy atom. The van der Waals surface area contributed by atoms with E-state index in [0.717, 1.165) is 12.3 Å². The first-order valence-corrected chi connectivity index (χ1v) is 4.27. The van der Waals surface area contributed by atoms with E-state index in [4.69, 9.17) is 5.11 Å². The number of halogens is 5. The van der Waals surface area contributed by atoms with Crippen molar-refractivity contribution in [1.82, 2.24) is 4.98 Å². The van der Waals surface area contributed by atoms with Crippen LogP contribution in [0.5, 0.6) is 0 Å². The molecule has 0 bridgehead atoms. The lowest BCUT2D eigenvalue weighted by Gasteiger charge is -2.18. The monoisotopic (exact) mass is 255 g/mol. The molecule has 0 fully saturated rings. The minimum Gasteiger partial charge on any atom is -0.481 e. The van der Waals surface area contributed by atoms with Crippen LogP contribution in [0.2, 0.25) is 0 Å². The van der Waals surface area contributed by atoms with Crippen LogP contribution in [0.1, 0.15) is 17.7 Å². The third-order valence-corrected chi connectivity index (χ3v) is 1.83. The number of hydrogen-bond acceptors (Lipinski definition) is 2. The molecule has 1 N–H and O–H groups in total. The SMILES string of the molecule is O=C(O)CC(F)(F)c1ncccc1C(F)(F)F. The van der Waals surface area contributed by atoms with Gasteiger partial charge in [-0.1, -0.05) is 0 Å². The lowest BCUT2D eigenvalue weighted by molar-refractivity contribution is -0.152. The highest BCUT2D eigenvalue weighted by Gasteiger charge is 2.45. The number of alkyl halides is 5. The molecular formula is C9H6F5NO2. The van der Waals surface area contributed by atoms with Gasteiger partial charge in [-0.25, -0.2) is 0 Å². The molecule has 8 heteroatoms. The number of carboxylic acid groups (broad SMARTS) is 1. The second-order valence-electron chi connectivity index (χ2n) is 3.17. The largest absolute Gasteiger partial charge is 0.481 e. The third-order valence-electron chi connectivity index (χ3n) is 1.83. The molecule has 17 heavy (non-hydrogen) atoms. The van der Waals surface area contributed by atoms with Crippen LogP contribution >= 0.6 is 0 Å². The molecule has 0 amide bonds. The Hall–Kier alpha value is -1.73. The zero-order valence-electron chi connectivity index (χ0n) is 8.13. The molecule has 0 radical (unpaired) electrons. The molecule has 1 aromatic heterocycles. The zero-order valence-corrected chi connectivity index (χ0v) is 8.13. The molecule has 0 atom stereocenters. The van der Waals surface area contributed by atoms with Gasteiger partial charge in [-0.05, 0) is 12.1 Å². The Balaban J connectivity index is 3.26. The average molecular weight is 255 g/mol. The van der Waals surface area contributed by atoms with Gasteiger partial charge in [0.1, 0.15) is 12.1 Å². The van der Waals surface area contributed by atoms with Crippen LogP contribution in [0.4, 0.5) is 22.0 Å². The second kappa shape index (κ2) is 4.27. The summed E-state index contributed by atoms with van der Waals surface area (Å²) in [5, 5.41) is 8.22. The van der Waals surface area contributed by atoms with Gasteiger partial charge in [0.05, 0.1) is 5.56 Å². The standard InChI is InChI=1S/C9H6F5NO2/c10-8(11,4-6(16)17)7-5(9(12,13)14)2-1-3-15-7/h1-3H,4H2,(H,16,17). The summed E-state index contributed by atoms with van der Waals surface area (Å²) in [5.41, 5.74) is -3.21. The summed E-state index contributed by atoms with van der Waals surface area (Å²) in [6.07, 6.45) is -6.00. The van der Waals surface area contributed by atoms with E-state index in [1.54, 1.807) is 0 Å².